The Kier molecular flexibility index (Phi) is 6.49. The molecule has 0 aliphatic rings. The number of hydrogen-bond donors (Lipinski definition) is 3. The van der Waals surface area contributed by atoms with Crippen LogP contribution in [-0.4, -0.2) is 45.2 Å². The van der Waals surface area contributed by atoms with Crippen LogP contribution in [0.5, 0.6) is 11.5 Å². The van der Waals surface area contributed by atoms with E-state index in [0.29, 0.717) is 0 Å². The summed E-state index contributed by atoms with van der Waals surface area (Å²) in [6, 6.07) is 13.1. The second kappa shape index (κ2) is 9.43. The van der Waals surface area contributed by atoms with E-state index in [1.165, 1.54) is 36.4 Å². The van der Waals surface area contributed by atoms with Crippen molar-refractivity contribution in [3.8, 4) is 11.5 Å². The SMILES string of the molecule is O=C(O)c1cccc(C(=O)Oc2ccc(C(=O)O)cc2OC(=O)c2cccc(C(=O)O)c2)c1. The number of rotatable bonds is 7. The van der Waals surface area contributed by atoms with Crippen LogP contribution in [0.25, 0.3) is 0 Å². The van der Waals surface area contributed by atoms with Crippen LogP contribution in [0.1, 0.15) is 51.8 Å². The number of hydrogen-bond acceptors (Lipinski definition) is 7. The van der Waals surface area contributed by atoms with Gasteiger partial charge in [0.1, 0.15) is 0 Å². The molecule has 33 heavy (non-hydrogen) atoms. The predicted octanol–water partition coefficient (Wildman–Crippen LogP) is 3.22. The van der Waals surface area contributed by atoms with Crippen LogP contribution in [0, 0.1) is 0 Å². The summed E-state index contributed by atoms with van der Waals surface area (Å²) in [6.45, 7) is 0. The molecule has 3 rings (SSSR count). The maximum absolute atomic E-state index is 12.5. The number of ether oxygens (including phenoxy) is 2. The molecule has 0 aromatic heterocycles. The number of carbonyl (C=O) groups is 5. The molecule has 0 bridgehead atoms. The molecule has 3 aromatic carbocycles. The average molecular weight is 450 g/mol. The molecule has 3 N–H and O–H groups in total. The Labute approximate surface area is 185 Å². The molecular formula is C23H14O10. The van der Waals surface area contributed by atoms with Crippen molar-refractivity contribution in [1.29, 1.82) is 0 Å². The Balaban J connectivity index is 1.92. The van der Waals surface area contributed by atoms with Gasteiger partial charge in [-0.25, -0.2) is 24.0 Å². The lowest BCUT2D eigenvalue weighted by molar-refractivity contribution is 0.0669. The fourth-order valence-corrected chi connectivity index (χ4v) is 2.68. The van der Waals surface area contributed by atoms with Gasteiger partial charge in [0.05, 0.1) is 27.8 Å². The van der Waals surface area contributed by atoms with Crippen molar-refractivity contribution < 1.29 is 48.8 Å². The van der Waals surface area contributed by atoms with Crippen molar-refractivity contribution >= 4 is 29.8 Å². The minimum atomic E-state index is -1.34. The summed E-state index contributed by atoms with van der Waals surface area (Å²) in [5.74, 6) is -6.59. The van der Waals surface area contributed by atoms with E-state index in [-0.39, 0.29) is 33.6 Å². The van der Waals surface area contributed by atoms with Gasteiger partial charge < -0.3 is 24.8 Å². The Morgan fingerprint density at radius 1 is 0.485 bits per heavy atom. The van der Waals surface area contributed by atoms with Gasteiger partial charge >= 0.3 is 29.8 Å². The van der Waals surface area contributed by atoms with Crippen LogP contribution in [0.2, 0.25) is 0 Å². The van der Waals surface area contributed by atoms with Crippen molar-refractivity contribution in [3.05, 3.63) is 94.5 Å². The molecule has 0 saturated heterocycles. The maximum Gasteiger partial charge on any atom is 0.343 e. The standard InChI is InChI=1S/C23H14O10/c24-19(25)12-3-1-5-15(9-12)22(30)32-17-8-7-14(21(28)29)11-18(17)33-23(31)16-6-2-4-13(10-16)20(26)27/h1-11H,(H,24,25)(H,26,27)(H,28,29). The minimum absolute atomic E-state index is 0.108. The van der Waals surface area contributed by atoms with Gasteiger partial charge in [0.15, 0.2) is 11.5 Å². The van der Waals surface area contributed by atoms with Gasteiger partial charge in [-0.15, -0.1) is 0 Å². The van der Waals surface area contributed by atoms with Gasteiger partial charge in [0.25, 0.3) is 0 Å². The summed E-state index contributed by atoms with van der Waals surface area (Å²) in [6.07, 6.45) is 0. The van der Waals surface area contributed by atoms with E-state index in [4.69, 9.17) is 19.7 Å². The lowest BCUT2D eigenvalue weighted by atomic mass is 10.1. The predicted molar refractivity (Wildman–Crippen MR) is 110 cm³/mol. The summed E-state index contributed by atoms with van der Waals surface area (Å²) in [5.41, 5.74) is -0.847. The molecular weight excluding hydrogens is 436 g/mol. The molecule has 0 aliphatic heterocycles. The Morgan fingerprint density at radius 2 is 0.879 bits per heavy atom. The molecule has 0 radical (unpaired) electrons. The maximum atomic E-state index is 12.5. The highest BCUT2D eigenvalue weighted by molar-refractivity contribution is 5.97. The van der Waals surface area contributed by atoms with Gasteiger partial charge in [-0.3, -0.25) is 0 Å². The Hall–Kier alpha value is -4.99. The van der Waals surface area contributed by atoms with Gasteiger partial charge in [0, 0.05) is 0 Å². The molecule has 0 saturated carbocycles. The van der Waals surface area contributed by atoms with Crippen LogP contribution in [0.3, 0.4) is 0 Å². The van der Waals surface area contributed by atoms with Crippen molar-refractivity contribution in [2.24, 2.45) is 0 Å². The van der Waals surface area contributed by atoms with Crippen LogP contribution >= 0.6 is 0 Å². The zero-order chi connectivity index (χ0) is 24.1. The third-order valence-corrected chi connectivity index (χ3v) is 4.29. The lowest BCUT2D eigenvalue weighted by Crippen LogP contribution is -2.14. The smallest absolute Gasteiger partial charge is 0.343 e. The lowest BCUT2D eigenvalue weighted by Gasteiger charge is -2.12. The molecule has 0 atom stereocenters. The zero-order valence-electron chi connectivity index (χ0n) is 16.6. The summed E-state index contributed by atoms with van der Waals surface area (Å²) < 4.78 is 10.4. The summed E-state index contributed by atoms with van der Waals surface area (Å²) in [4.78, 5) is 58.6. The zero-order valence-corrected chi connectivity index (χ0v) is 16.6. The normalized spacial score (nSPS) is 10.2. The third-order valence-electron chi connectivity index (χ3n) is 4.29. The molecule has 0 amide bonds. The Morgan fingerprint density at radius 3 is 1.33 bits per heavy atom. The van der Waals surface area contributed by atoms with E-state index >= 15 is 0 Å². The van der Waals surface area contributed by atoms with Crippen LogP contribution in [0.4, 0.5) is 0 Å². The molecule has 3 aromatic rings. The molecule has 10 heteroatoms. The first-order valence-corrected chi connectivity index (χ1v) is 9.14. The first kappa shape index (κ1) is 22.7. The molecule has 0 unspecified atom stereocenters. The summed E-state index contributed by atoms with van der Waals surface area (Å²) in [7, 11) is 0. The van der Waals surface area contributed by atoms with Crippen LogP contribution in [-0.2, 0) is 0 Å². The van der Waals surface area contributed by atoms with E-state index in [1.54, 1.807) is 0 Å². The summed E-state index contributed by atoms with van der Waals surface area (Å²) >= 11 is 0. The molecule has 10 nitrogen and oxygen atoms in total. The Bertz CT molecular complexity index is 1290. The highest BCUT2D eigenvalue weighted by atomic mass is 16.6. The van der Waals surface area contributed by atoms with E-state index in [1.807, 2.05) is 0 Å². The molecule has 166 valence electrons. The van der Waals surface area contributed by atoms with Crippen molar-refractivity contribution in [2.75, 3.05) is 0 Å². The first-order chi connectivity index (χ1) is 15.7. The van der Waals surface area contributed by atoms with Crippen molar-refractivity contribution in [1.82, 2.24) is 0 Å². The molecule has 0 heterocycles. The van der Waals surface area contributed by atoms with E-state index < -0.39 is 35.6 Å². The van der Waals surface area contributed by atoms with Gasteiger partial charge in [0.2, 0.25) is 0 Å². The van der Waals surface area contributed by atoms with E-state index in [9.17, 15) is 29.1 Å². The fraction of sp³-hybridized carbons (Fsp3) is 0. The number of aromatic carboxylic acids is 3. The largest absolute Gasteiger partial charge is 0.478 e. The second-order valence-electron chi connectivity index (χ2n) is 6.52. The van der Waals surface area contributed by atoms with Crippen molar-refractivity contribution in [2.45, 2.75) is 0 Å². The highest BCUT2D eigenvalue weighted by Crippen LogP contribution is 2.30. The van der Waals surface area contributed by atoms with E-state index in [2.05, 4.69) is 0 Å². The number of benzene rings is 3. The monoisotopic (exact) mass is 450 g/mol. The topological polar surface area (TPSA) is 164 Å². The van der Waals surface area contributed by atoms with Crippen molar-refractivity contribution in [3.63, 3.8) is 0 Å². The number of carboxylic acid groups (broad SMARTS) is 3. The van der Waals surface area contributed by atoms with Gasteiger partial charge in [-0.1, -0.05) is 12.1 Å². The molecule has 0 fully saturated rings. The van der Waals surface area contributed by atoms with E-state index in [0.717, 1.165) is 30.3 Å². The number of carbonyl (C=O) groups excluding carboxylic acids is 2. The second-order valence-corrected chi connectivity index (χ2v) is 6.52. The molecule has 0 aliphatic carbocycles. The quantitative estimate of drug-likeness (QED) is 0.359. The van der Waals surface area contributed by atoms with Gasteiger partial charge in [-0.2, -0.15) is 0 Å². The number of esters is 2. The molecule has 0 spiro atoms. The average Bonchev–Trinajstić information content (AvgIpc) is 2.80. The highest BCUT2D eigenvalue weighted by Gasteiger charge is 2.20. The minimum Gasteiger partial charge on any atom is -0.478 e. The van der Waals surface area contributed by atoms with Crippen LogP contribution in [0.15, 0.2) is 66.7 Å². The summed E-state index contributed by atoms with van der Waals surface area (Å²) in [5, 5.41) is 27.4. The third kappa shape index (κ3) is 5.39. The van der Waals surface area contributed by atoms with Gasteiger partial charge in [-0.05, 0) is 54.6 Å². The number of carboxylic acids is 3. The fourth-order valence-electron chi connectivity index (χ4n) is 2.68. The van der Waals surface area contributed by atoms with Crippen LogP contribution < -0.4 is 9.47 Å². The first-order valence-electron chi connectivity index (χ1n) is 9.14.